The first kappa shape index (κ1) is 13.8. The number of benzene rings is 2. The van der Waals surface area contributed by atoms with Gasteiger partial charge < -0.3 is 10.2 Å². The van der Waals surface area contributed by atoms with E-state index in [9.17, 15) is 4.39 Å². The summed E-state index contributed by atoms with van der Waals surface area (Å²) in [6.07, 6.45) is 0.756. The summed E-state index contributed by atoms with van der Waals surface area (Å²) in [5, 5.41) is 1.01. The monoisotopic (exact) mass is 283 g/mol. The molecule has 1 aromatic heterocycles. The number of furan rings is 1. The average Bonchev–Trinajstić information content (AvgIpc) is 2.87. The molecule has 0 fully saturated rings. The molecule has 1 atom stereocenters. The Labute approximate surface area is 123 Å². The molecule has 0 aliphatic carbocycles. The zero-order valence-corrected chi connectivity index (χ0v) is 12.2. The van der Waals surface area contributed by atoms with Crippen molar-refractivity contribution >= 4 is 11.0 Å². The van der Waals surface area contributed by atoms with E-state index in [0.717, 1.165) is 39.8 Å². The van der Waals surface area contributed by atoms with Gasteiger partial charge in [0.05, 0.1) is 6.04 Å². The minimum Gasteiger partial charge on any atom is -0.461 e. The summed E-state index contributed by atoms with van der Waals surface area (Å²) in [4.78, 5) is 0. The second-order valence-electron chi connectivity index (χ2n) is 5.27. The van der Waals surface area contributed by atoms with Crippen LogP contribution >= 0.6 is 0 Å². The number of halogens is 1. The van der Waals surface area contributed by atoms with Gasteiger partial charge in [-0.15, -0.1) is 0 Å². The van der Waals surface area contributed by atoms with E-state index in [1.165, 1.54) is 12.1 Å². The molecule has 108 valence electrons. The largest absolute Gasteiger partial charge is 0.461 e. The number of rotatable bonds is 3. The predicted molar refractivity (Wildman–Crippen MR) is 82.8 cm³/mol. The van der Waals surface area contributed by atoms with Gasteiger partial charge in [-0.3, -0.25) is 0 Å². The fourth-order valence-electron chi connectivity index (χ4n) is 2.82. The van der Waals surface area contributed by atoms with Gasteiger partial charge in [-0.25, -0.2) is 4.39 Å². The van der Waals surface area contributed by atoms with Crippen molar-refractivity contribution < 1.29 is 8.81 Å². The van der Waals surface area contributed by atoms with E-state index in [1.54, 1.807) is 6.07 Å². The SMILES string of the molecule is CCc1oc2ccccc2c1C(N)c1cc(F)ccc1C. The van der Waals surface area contributed by atoms with Crippen LogP contribution in [0.1, 0.15) is 35.4 Å². The first-order valence-corrected chi connectivity index (χ1v) is 7.13. The first-order chi connectivity index (χ1) is 10.1. The van der Waals surface area contributed by atoms with Gasteiger partial charge in [-0.2, -0.15) is 0 Å². The van der Waals surface area contributed by atoms with Crippen molar-refractivity contribution in [3.63, 3.8) is 0 Å². The molecule has 1 unspecified atom stereocenters. The smallest absolute Gasteiger partial charge is 0.134 e. The van der Waals surface area contributed by atoms with Crippen LogP contribution in [-0.4, -0.2) is 0 Å². The maximum absolute atomic E-state index is 13.6. The zero-order valence-electron chi connectivity index (χ0n) is 12.2. The minimum atomic E-state index is -0.390. The lowest BCUT2D eigenvalue weighted by molar-refractivity contribution is 0.546. The van der Waals surface area contributed by atoms with Crippen molar-refractivity contribution in [3.8, 4) is 0 Å². The topological polar surface area (TPSA) is 39.2 Å². The summed E-state index contributed by atoms with van der Waals surface area (Å²) in [7, 11) is 0. The summed E-state index contributed by atoms with van der Waals surface area (Å²) >= 11 is 0. The Kier molecular flexibility index (Phi) is 3.52. The molecule has 0 spiro atoms. The highest BCUT2D eigenvalue weighted by atomic mass is 19.1. The maximum Gasteiger partial charge on any atom is 0.134 e. The molecule has 2 nitrogen and oxygen atoms in total. The van der Waals surface area contributed by atoms with Crippen LogP contribution in [-0.2, 0) is 6.42 Å². The molecule has 3 aromatic rings. The third-order valence-corrected chi connectivity index (χ3v) is 3.92. The third kappa shape index (κ3) is 2.34. The van der Waals surface area contributed by atoms with Gasteiger partial charge in [0.15, 0.2) is 0 Å². The Morgan fingerprint density at radius 1 is 1.19 bits per heavy atom. The number of aryl methyl sites for hydroxylation is 2. The number of nitrogens with two attached hydrogens (primary N) is 1. The van der Waals surface area contributed by atoms with E-state index < -0.39 is 0 Å². The molecule has 2 N–H and O–H groups in total. The van der Waals surface area contributed by atoms with Crippen LogP contribution in [0.5, 0.6) is 0 Å². The number of hydrogen-bond donors (Lipinski definition) is 1. The van der Waals surface area contributed by atoms with Crippen LogP contribution in [0, 0.1) is 12.7 Å². The molecular formula is C18H18FNO. The Hall–Kier alpha value is -2.13. The summed E-state index contributed by atoms with van der Waals surface area (Å²) in [5.41, 5.74) is 10.0. The Morgan fingerprint density at radius 2 is 1.95 bits per heavy atom. The molecule has 0 saturated heterocycles. The van der Waals surface area contributed by atoms with Crippen LogP contribution in [0.3, 0.4) is 0 Å². The fraction of sp³-hybridized carbons (Fsp3) is 0.222. The summed E-state index contributed by atoms with van der Waals surface area (Å²) in [6.45, 7) is 3.98. The fourth-order valence-corrected chi connectivity index (χ4v) is 2.82. The van der Waals surface area contributed by atoms with E-state index in [-0.39, 0.29) is 11.9 Å². The van der Waals surface area contributed by atoms with Crippen molar-refractivity contribution in [3.05, 3.63) is 70.7 Å². The lowest BCUT2D eigenvalue weighted by Gasteiger charge is -2.15. The first-order valence-electron chi connectivity index (χ1n) is 7.13. The quantitative estimate of drug-likeness (QED) is 0.769. The van der Waals surface area contributed by atoms with Gasteiger partial charge in [-0.05, 0) is 36.2 Å². The Bertz CT molecular complexity index is 791. The van der Waals surface area contributed by atoms with E-state index in [4.69, 9.17) is 10.2 Å². The Balaban J connectivity index is 2.21. The van der Waals surface area contributed by atoms with Crippen LogP contribution in [0.25, 0.3) is 11.0 Å². The highest BCUT2D eigenvalue weighted by Gasteiger charge is 2.21. The molecule has 21 heavy (non-hydrogen) atoms. The van der Waals surface area contributed by atoms with Gasteiger partial charge in [0.2, 0.25) is 0 Å². The normalized spacial score (nSPS) is 12.8. The van der Waals surface area contributed by atoms with Gasteiger partial charge in [0, 0.05) is 17.4 Å². The third-order valence-electron chi connectivity index (χ3n) is 3.92. The molecule has 0 radical (unpaired) electrons. The number of fused-ring (bicyclic) bond motifs is 1. The molecule has 0 saturated carbocycles. The van der Waals surface area contributed by atoms with Crippen molar-refractivity contribution in [1.29, 1.82) is 0 Å². The van der Waals surface area contributed by atoms with Gasteiger partial charge in [0.25, 0.3) is 0 Å². The lowest BCUT2D eigenvalue weighted by Crippen LogP contribution is -2.14. The summed E-state index contributed by atoms with van der Waals surface area (Å²) < 4.78 is 19.5. The van der Waals surface area contributed by atoms with Crippen molar-refractivity contribution in [1.82, 2.24) is 0 Å². The van der Waals surface area contributed by atoms with Gasteiger partial charge >= 0.3 is 0 Å². The molecule has 0 bridgehead atoms. The molecular weight excluding hydrogens is 265 g/mol. The molecule has 2 aromatic carbocycles. The van der Waals surface area contributed by atoms with Crippen molar-refractivity contribution in [2.75, 3.05) is 0 Å². The molecule has 1 heterocycles. The molecule has 0 aliphatic rings. The minimum absolute atomic E-state index is 0.267. The molecule has 0 aliphatic heterocycles. The van der Waals surface area contributed by atoms with Crippen LogP contribution in [0.15, 0.2) is 46.9 Å². The second kappa shape index (κ2) is 5.34. The summed E-state index contributed by atoms with van der Waals surface area (Å²) in [6, 6.07) is 12.2. The van der Waals surface area contributed by atoms with E-state index >= 15 is 0 Å². The Morgan fingerprint density at radius 3 is 2.71 bits per heavy atom. The number of para-hydroxylation sites is 1. The molecule has 0 amide bonds. The molecule has 3 rings (SSSR count). The van der Waals surface area contributed by atoms with E-state index in [1.807, 2.05) is 38.1 Å². The van der Waals surface area contributed by atoms with Crippen LogP contribution in [0.4, 0.5) is 4.39 Å². The molecule has 3 heteroatoms. The second-order valence-corrected chi connectivity index (χ2v) is 5.27. The van der Waals surface area contributed by atoms with Crippen molar-refractivity contribution in [2.45, 2.75) is 26.3 Å². The summed E-state index contributed by atoms with van der Waals surface area (Å²) in [5.74, 6) is 0.601. The van der Waals surface area contributed by atoms with Crippen LogP contribution < -0.4 is 5.73 Å². The highest BCUT2D eigenvalue weighted by Crippen LogP contribution is 2.34. The highest BCUT2D eigenvalue weighted by molar-refractivity contribution is 5.83. The van der Waals surface area contributed by atoms with Gasteiger partial charge in [-0.1, -0.05) is 31.2 Å². The van der Waals surface area contributed by atoms with Gasteiger partial charge in [0.1, 0.15) is 17.2 Å². The lowest BCUT2D eigenvalue weighted by atomic mass is 9.93. The maximum atomic E-state index is 13.6. The predicted octanol–water partition coefficient (Wildman–Crippen LogP) is 4.49. The number of hydrogen-bond acceptors (Lipinski definition) is 2. The standard InChI is InChI=1S/C18H18FNO/c1-3-15-17(13-6-4-5-7-16(13)21-15)18(20)14-10-12(19)9-8-11(14)2/h4-10,18H,3,20H2,1-2H3. The van der Waals surface area contributed by atoms with Crippen molar-refractivity contribution in [2.24, 2.45) is 5.73 Å². The van der Waals surface area contributed by atoms with E-state index in [0.29, 0.717) is 0 Å². The van der Waals surface area contributed by atoms with Crippen LogP contribution in [0.2, 0.25) is 0 Å². The van der Waals surface area contributed by atoms with E-state index in [2.05, 4.69) is 0 Å². The zero-order chi connectivity index (χ0) is 15.0. The average molecular weight is 283 g/mol.